The Morgan fingerprint density at radius 1 is 1.47 bits per heavy atom. The second-order valence-corrected chi connectivity index (χ2v) is 5.21. The van der Waals surface area contributed by atoms with Crippen molar-refractivity contribution in [2.75, 3.05) is 6.54 Å². The monoisotopic (exact) mass is 256 g/mol. The van der Waals surface area contributed by atoms with E-state index in [0.717, 1.165) is 31.6 Å². The van der Waals surface area contributed by atoms with Gasteiger partial charge in [0.25, 0.3) is 0 Å². The van der Waals surface area contributed by atoms with Crippen LogP contribution in [0, 0.1) is 0 Å². The lowest BCUT2D eigenvalue weighted by atomic mass is 10.2. The number of nitrogens with zero attached hydrogens (tertiary/aromatic N) is 3. The molecule has 1 unspecified atom stereocenters. The molecule has 1 aromatic heterocycles. The smallest absolute Gasteiger partial charge is 0.318 e. The molecule has 7 heteroatoms. The highest BCUT2D eigenvalue weighted by molar-refractivity contribution is 8.00. The van der Waals surface area contributed by atoms with Gasteiger partial charge in [-0.2, -0.15) is 0 Å². The molecule has 6 nitrogen and oxygen atoms in total. The lowest BCUT2D eigenvalue weighted by Crippen LogP contribution is -2.26. The first kappa shape index (κ1) is 12.4. The summed E-state index contributed by atoms with van der Waals surface area (Å²) in [6, 6.07) is 0. The lowest BCUT2D eigenvalue weighted by Gasteiger charge is -2.10. The van der Waals surface area contributed by atoms with E-state index in [2.05, 4.69) is 10.2 Å². The minimum Gasteiger partial charge on any atom is -0.480 e. The van der Waals surface area contributed by atoms with Crippen LogP contribution in [0.2, 0.25) is 0 Å². The Balaban J connectivity index is 2.16. The van der Waals surface area contributed by atoms with Crippen LogP contribution in [-0.2, 0) is 17.8 Å². The third-order valence-corrected chi connectivity index (χ3v) is 4.00. The van der Waals surface area contributed by atoms with Crippen molar-refractivity contribution in [3.05, 3.63) is 5.82 Å². The molecular formula is C10H16N4O2S. The molecule has 3 N–H and O–H groups in total. The van der Waals surface area contributed by atoms with Crippen molar-refractivity contribution in [2.24, 2.45) is 5.73 Å². The van der Waals surface area contributed by atoms with Gasteiger partial charge in [-0.1, -0.05) is 18.2 Å². The SMILES string of the molecule is NCC(Sc1nnc2n1CCCCC2)C(=O)O. The molecule has 0 spiro atoms. The zero-order valence-electron chi connectivity index (χ0n) is 9.50. The number of rotatable bonds is 4. The van der Waals surface area contributed by atoms with Crippen LogP contribution in [0.5, 0.6) is 0 Å². The fourth-order valence-electron chi connectivity index (χ4n) is 1.87. The first-order valence-corrected chi connectivity index (χ1v) is 6.62. The van der Waals surface area contributed by atoms with Crippen molar-refractivity contribution in [3.8, 4) is 0 Å². The molecule has 0 fully saturated rings. The molecule has 1 aliphatic heterocycles. The van der Waals surface area contributed by atoms with Gasteiger partial charge in [-0.25, -0.2) is 0 Å². The van der Waals surface area contributed by atoms with Crippen LogP contribution in [0.4, 0.5) is 0 Å². The number of aromatic nitrogens is 3. The Hall–Kier alpha value is -1.08. The number of nitrogens with two attached hydrogens (primary N) is 1. The maximum Gasteiger partial charge on any atom is 0.318 e. The summed E-state index contributed by atoms with van der Waals surface area (Å²) in [5.41, 5.74) is 5.44. The van der Waals surface area contributed by atoms with E-state index in [9.17, 15) is 4.79 Å². The highest BCUT2D eigenvalue weighted by atomic mass is 32.2. The number of hydrogen-bond acceptors (Lipinski definition) is 5. The molecular weight excluding hydrogens is 240 g/mol. The Labute approximate surface area is 104 Å². The quantitative estimate of drug-likeness (QED) is 0.762. The second-order valence-electron chi connectivity index (χ2n) is 4.04. The Morgan fingerprint density at radius 2 is 2.29 bits per heavy atom. The van der Waals surface area contributed by atoms with E-state index in [1.54, 1.807) is 0 Å². The maximum atomic E-state index is 10.9. The van der Waals surface area contributed by atoms with E-state index in [-0.39, 0.29) is 6.54 Å². The molecule has 2 heterocycles. The van der Waals surface area contributed by atoms with Crippen LogP contribution in [-0.4, -0.2) is 37.6 Å². The molecule has 0 radical (unpaired) electrons. The van der Waals surface area contributed by atoms with E-state index in [0.29, 0.717) is 5.16 Å². The summed E-state index contributed by atoms with van der Waals surface area (Å²) in [4.78, 5) is 10.9. The van der Waals surface area contributed by atoms with Gasteiger partial charge in [0.2, 0.25) is 0 Å². The van der Waals surface area contributed by atoms with Gasteiger partial charge in [-0.05, 0) is 12.8 Å². The fourth-order valence-corrected chi connectivity index (χ4v) is 2.74. The van der Waals surface area contributed by atoms with Crippen LogP contribution in [0.3, 0.4) is 0 Å². The standard InChI is InChI=1S/C10H16N4O2S/c11-6-7(9(15)16)17-10-13-12-8-4-2-1-3-5-14(8)10/h7H,1-6,11H2,(H,15,16). The molecule has 1 atom stereocenters. The van der Waals surface area contributed by atoms with Crippen LogP contribution in [0.15, 0.2) is 5.16 Å². The minimum absolute atomic E-state index is 0.0994. The fraction of sp³-hybridized carbons (Fsp3) is 0.700. The van der Waals surface area contributed by atoms with Gasteiger partial charge < -0.3 is 15.4 Å². The average molecular weight is 256 g/mol. The topological polar surface area (TPSA) is 94.0 Å². The molecule has 0 saturated heterocycles. The normalized spacial score (nSPS) is 17.2. The lowest BCUT2D eigenvalue weighted by molar-refractivity contribution is -0.136. The largest absolute Gasteiger partial charge is 0.480 e. The zero-order valence-corrected chi connectivity index (χ0v) is 10.3. The number of thioether (sulfide) groups is 1. The van der Waals surface area contributed by atoms with Crippen molar-refractivity contribution in [1.82, 2.24) is 14.8 Å². The summed E-state index contributed by atoms with van der Waals surface area (Å²) >= 11 is 1.19. The van der Waals surface area contributed by atoms with Gasteiger partial charge in [-0.3, -0.25) is 4.79 Å². The predicted molar refractivity (Wildman–Crippen MR) is 63.9 cm³/mol. The van der Waals surface area contributed by atoms with Gasteiger partial charge in [-0.15, -0.1) is 10.2 Å². The van der Waals surface area contributed by atoms with Crippen LogP contribution < -0.4 is 5.73 Å². The minimum atomic E-state index is -0.900. The summed E-state index contributed by atoms with van der Waals surface area (Å²) < 4.78 is 2.03. The molecule has 0 amide bonds. The van der Waals surface area contributed by atoms with Gasteiger partial charge in [0.1, 0.15) is 11.1 Å². The molecule has 0 aromatic carbocycles. The first-order valence-electron chi connectivity index (χ1n) is 5.74. The number of carbonyl (C=O) groups is 1. The van der Waals surface area contributed by atoms with Gasteiger partial charge in [0.15, 0.2) is 5.16 Å². The summed E-state index contributed by atoms with van der Waals surface area (Å²) in [6.45, 7) is 0.976. The number of hydrogen-bond donors (Lipinski definition) is 2. The number of carboxylic acid groups (broad SMARTS) is 1. The van der Waals surface area contributed by atoms with Crippen molar-refractivity contribution in [3.63, 3.8) is 0 Å². The average Bonchev–Trinajstić information content (AvgIpc) is 2.54. The van der Waals surface area contributed by atoms with Crippen molar-refractivity contribution >= 4 is 17.7 Å². The van der Waals surface area contributed by atoms with E-state index < -0.39 is 11.2 Å². The zero-order chi connectivity index (χ0) is 12.3. The summed E-state index contributed by atoms with van der Waals surface area (Å²) in [5.74, 6) is 0.0645. The highest BCUT2D eigenvalue weighted by Crippen LogP contribution is 2.24. The van der Waals surface area contributed by atoms with Gasteiger partial charge in [0.05, 0.1) is 0 Å². The van der Waals surface area contributed by atoms with Gasteiger partial charge in [0, 0.05) is 19.5 Å². The maximum absolute atomic E-state index is 10.9. The molecule has 2 rings (SSSR count). The predicted octanol–water partition coefficient (Wildman–Crippen LogP) is 0.508. The number of fused-ring (bicyclic) bond motifs is 1. The summed E-state index contributed by atoms with van der Waals surface area (Å²) in [5, 5.41) is 17.2. The van der Waals surface area contributed by atoms with Crippen molar-refractivity contribution in [1.29, 1.82) is 0 Å². The first-order chi connectivity index (χ1) is 8.22. The third-order valence-electron chi connectivity index (χ3n) is 2.81. The Morgan fingerprint density at radius 3 is 3.00 bits per heavy atom. The Bertz CT molecular complexity index is 407. The van der Waals surface area contributed by atoms with E-state index >= 15 is 0 Å². The van der Waals surface area contributed by atoms with Crippen LogP contribution in [0.1, 0.15) is 25.1 Å². The van der Waals surface area contributed by atoms with E-state index in [4.69, 9.17) is 10.8 Å². The van der Waals surface area contributed by atoms with Crippen molar-refractivity contribution < 1.29 is 9.90 Å². The van der Waals surface area contributed by atoms with Gasteiger partial charge >= 0.3 is 5.97 Å². The second kappa shape index (κ2) is 5.50. The summed E-state index contributed by atoms with van der Waals surface area (Å²) in [6.07, 6.45) is 4.33. The number of aryl methyl sites for hydroxylation is 1. The third kappa shape index (κ3) is 2.78. The molecule has 1 aliphatic rings. The van der Waals surface area contributed by atoms with Crippen LogP contribution in [0.25, 0.3) is 0 Å². The molecule has 0 aliphatic carbocycles. The molecule has 1 aromatic rings. The van der Waals surface area contributed by atoms with Crippen molar-refractivity contribution in [2.45, 2.75) is 42.6 Å². The van der Waals surface area contributed by atoms with Crippen LogP contribution >= 0.6 is 11.8 Å². The number of aliphatic carboxylic acids is 1. The van der Waals surface area contributed by atoms with E-state index in [1.165, 1.54) is 18.2 Å². The van der Waals surface area contributed by atoms with E-state index in [1.807, 2.05) is 4.57 Å². The summed E-state index contributed by atoms with van der Waals surface area (Å²) in [7, 11) is 0. The molecule has 0 saturated carbocycles. The Kier molecular flexibility index (Phi) is 4.01. The molecule has 94 valence electrons. The molecule has 0 bridgehead atoms. The number of carboxylic acids is 1. The highest BCUT2D eigenvalue weighted by Gasteiger charge is 2.22. The molecule has 17 heavy (non-hydrogen) atoms.